The van der Waals surface area contributed by atoms with E-state index in [1.54, 1.807) is 0 Å². The molecule has 0 bridgehead atoms. The quantitative estimate of drug-likeness (QED) is 0.246. The van der Waals surface area contributed by atoms with E-state index in [1.807, 2.05) is 0 Å². The average Bonchev–Trinajstić information content (AvgIpc) is 1.86. The van der Waals surface area contributed by atoms with E-state index < -0.39 is 5.97 Å². The lowest BCUT2D eigenvalue weighted by atomic mass is 10.4. The van der Waals surface area contributed by atoms with Gasteiger partial charge in [-0.3, -0.25) is 10.2 Å². The lowest BCUT2D eigenvalue weighted by Gasteiger charge is -2.01. The summed E-state index contributed by atoms with van der Waals surface area (Å²) in [5, 5.41) is 6.75. The Bertz CT molecular complexity index is 147. The molecule has 0 aromatic rings. The first-order valence-corrected chi connectivity index (χ1v) is 3.14. The third-order valence-corrected chi connectivity index (χ3v) is 0.885. The molecule has 5 heteroatoms. The second-order valence-electron chi connectivity index (χ2n) is 1.92. The van der Waals surface area contributed by atoms with Gasteiger partial charge in [-0.2, -0.15) is 0 Å². The van der Waals surface area contributed by atoms with E-state index in [-0.39, 0.29) is 18.9 Å². The van der Waals surface area contributed by atoms with Crippen molar-refractivity contribution in [1.29, 1.82) is 5.41 Å². The Hall–Kier alpha value is -1.10. The lowest BCUT2D eigenvalue weighted by Crippen LogP contribution is -2.18. The summed E-state index contributed by atoms with van der Waals surface area (Å²) in [6.07, 6.45) is -0.149. The highest BCUT2D eigenvalue weighted by atomic mass is 16.6. The summed E-state index contributed by atoms with van der Waals surface area (Å²) >= 11 is 0. The maximum atomic E-state index is 10.6. The van der Waals surface area contributed by atoms with Gasteiger partial charge in [-0.25, -0.2) is 0 Å². The SMILES string of the molecule is COCCOC(=O)CC(=N)N. The number of rotatable bonds is 5. The van der Waals surface area contributed by atoms with Crippen LogP contribution < -0.4 is 5.73 Å². The standard InChI is InChI=1S/C6H12N2O3/c1-10-2-3-11-6(9)4-5(7)8/h2-4H2,1H3,(H3,7,8). The first kappa shape index (κ1) is 9.90. The van der Waals surface area contributed by atoms with Gasteiger partial charge in [-0.1, -0.05) is 0 Å². The molecule has 5 nitrogen and oxygen atoms in total. The zero-order valence-corrected chi connectivity index (χ0v) is 6.42. The van der Waals surface area contributed by atoms with Crippen molar-refractivity contribution in [3.8, 4) is 0 Å². The van der Waals surface area contributed by atoms with Crippen LogP contribution >= 0.6 is 0 Å². The minimum absolute atomic E-state index is 0.149. The Balaban J connectivity index is 3.30. The number of hydrogen-bond acceptors (Lipinski definition) is 4. The Morgan fingerprint density at radius 3 is 2.64 bits per heavy atom. The summed E-state index contributed by atoms with van der Waals surface area (Å²) in [6.45, 7) is 0.576. The number of nitrogens with one attached hydrogen (secondary N) is 1. The van der Waals surface area contributed by atoms with Crippen molar-refractivity contribution in [2.75, 3.05) is 20.3 Å². The summed E-state index contributed by atoms with van der Waals surface area (Å²) in [4.78, 5) is 10.6. The van der Waals surface area contributed by atoms with Crippen LogP contribution in [-0.4, -0.2) is 32.1 Å². The number of carbonyl (C=O) groups is 1. The average molecular weight is 160 g/mol. The molecule has 0 radical (unpaired) electrons. The molecule has 0 atom stereocenters. The van der Waals surface area contributed by atoms with Crippen LogP contribution in [0.4, 0.5) is 0 Å². The number of esters is 1. The Morgan fingerprint density at radius 2 is 2.18 bits per heavy atom. The number of amidine groups is 1. The molecular formula is C6H12N2O3. The normalized spacial score (nSPS) is 9.18. The highest BCUT2D eigenvalue weighted by molar-refractivity contribution is 5.94. The minimum atomic E-state index is -0.491. The number of carbonyl (C=O) groups excluding carboxylic acids is 1. The molecular weight excluding hydrogens is 148 g/mol. The van der Waals surface area contributed by atoms with Gasteiger partial charge in [0.1, 0.15) is 18.9 Å². The van der Waals surface area contributed by atoms with Gasteiger partial charge in [0.15, 0.2) is 0 Å². The van der Waals surface area contributed by atoms with Gasteiger partial charge in [0.05, 0.1) is 6.61 Å². The molecule has 0 saturated heterocycles. The van der Waals surface area contributed by atoms with E-state index in [0.717, 1.165) is 0 Å². The number of nitrogens with two attached hydrogens (primary N) is 1. The summed E-state index contributed by atoms with van der Waals surface area (Å²) in [7, 11) is 1.51. The molecule has 0 unspecified atom stereocenters. The third kappa shape index (κ3) is 6.79. The van der Waals surface area contributed by atoms with E-state index in [2.05, 4.69) is 9.47 Å². The van der Waals surface area contributed by atoms with E-state index in [1.165, 1.54) is 7.11 Å². The molecule has 0 rings (SSSR count). The van der Waals surface area contributed by atoms with Crippen molar-refractivity contribution in [2.24, 2.45) is 5.73 Å². The van der Waals surface area contributed by atoms with Crippen LogP contribution in [0.15, 0.2) is 0 Å². The van der Waals surface area contributed by atoms with Gasteiger partial charge >= 0.3 is 5.97 Å². The molecule has 0 aliphatic heterocycles. The molecule has 0 aliphatic rings. The topological polar surface area (TPSA) is 85.4 Å². The number of methoxy groups -OCH3 is 1. The molecule has 64 valence electrons. The van der Waals surface area contributed by atoms with Crippen LogP contribution in [-0.2, 0) is 14.3 Å². The van der Waals surface area contributed by atoms with Crippen molar-refractivity contribution >= 4 is 11.8 Å². The van der Waals surface area contributed by atoms with Crippen LogP contribution in [0.25, 0.3) is 0 Å². The van der Waals surface area contributed by atoms with Crippen LogP contribution in [0.5, 0.6) is 0 Å². The molecule has 0 heterocycles. The fourth-order valence-corrected chi connectivity index (χ4v) is 0.445. The Morgan fingerprint density at radius 1 is 1.55 bits per heavy atom. The summed E-state index contributed by atoms with van der Waals surface area (Å²) in [5.74, 6) is -0.679. The van der Waals surface area contributed by atoms with Gasteiger partial charge in [0, 0.05) is 7.11 Å². The highest BCUT2D eigenvalue weighted by Crippen LogP contribution is 1.84. The van der Waals surface area contributed by atoms with Crippen molar-refractivity contribution in [2.45, 2.75) is 6.42 Å². The third-order valence-electron chi connectivity index (χ3n) is 0.885. The Labute approximate surface area is 65.0 Å². The molecule has 11 heavy (non-hydrogen) atoms. The lowest BCUT2D eigenvalue weighted by molar-refractivity contribution is -0.143. The summed E-state index contributed by atoms with van der Waals surface area (Å²) in [5.41, 5.74) is 4.95. The van der Waals surface area contributed by atoms with Crippen molar-refractivity contribution in [3.63, 3.8) is 0 Å². The second kappa shape index (κ2) is 5.67. The van der Waals surface area contributed by atoms with Crippen molar-refractivity contribution in [3.05, 3.63) is 0 Å². The van der Waals surface area contributed by atoms with Gasteiger partial charge in [-0.15, -0.1) is 0 Å². The fourth-order valence-electron chi connectivity index (χ4n) is 0.445. The molecule has 3 N–H and O–H groups in total. The maximum absolute atomic E-state index is 10.6. The molecule has 0 fully saturated rings. The van der Waals surface area contributed by atoms with Crippen molar-refractivity contribution < 1.29 is 14.3 Å². The second-order valence-corrected chi connectivity index (χ2v) is 1.92. The van der Waals surface area contributed by atoms with Crippen molar-refractivity contribution in [1.82, 2.24) is 0 Å². The number of hydrogen-bond donors (Lipinski definition) is 2. The predicted octanol–water partition coefficient (Wildman–Crippen LogP) is -0.498. The molecule has 0 spiro atoms. The zero-order valence-electron chi connectivity index (χ0n) is 6.42. The van der Waals surface area contributed by atoms with Crippen LogP contribution in [0.2, 0.25) is 0 Å². The van der Waals surface area contributed by atoms with Crippen LogP contribution in [0.1, 0.15) is 6.42 Å². The van der Waals surface area contributed by atoms with E-state index >= 15 is 0 Å². The smallest absolute Gasteiger partial charge is 0.313 e. The number of ether oxygens (including phenoxy) is 2. The van der Waals surface area contributed by atoms with Gasteiger partial charge < -0.3 is 15.2 Å². The molecule has 0 saturated carbocycles. The monoisotopic (exact) mass is 160 g/mol. The first-order valence-electron chi connectivity index (χ1n) is 3.14. The van der Waals surface area contributed by atoms with E-state index in [0.29, 0.717) is 6.61 Å². The fraction of sp³-hybridized carbons (Fsp3) is 0.667. The zero-order chi connectivity index (χ0) is 8.69. The minimum Gasteiger partial charge on any atom is -0.463 e. The van der Waals surface area contributed by atoms with Gasteiger partial charge in [0.25, 0.3) is 0 Å². The van der Waals surface area contributed by atoms with Crippen LogP contribution in [0.3, 0.4) is 0 Å². The Kier molecular flexibility index (Phi) is 5.10. The molecule has 0 aliphatic carbocycles. The largest absolute Gasteiger partial charge is 0.463 e. The van der Waals surface area contributed by atoms with Crippen LogP contribution in [0, 0.1) is 5.41 Å². The molecule has 0 aromatic heterocycles. The molecule has 0 amide bonds. The molecule has 0 aromatic carbocycles. The van der Waals surface area contributed by atoms with Gasteiger partial charge in [-0.05, 0) is 0 Å². The summed E-state index contributed by atoms with van der Waals surface area (Å²) < 4.78 is 9.24. The van der Waals surface area contributed by atoms with E-state index in [4.69, 9.17) is 11.1 Å². The first-order chi connectivity index (χ1) is 5.16. The predicted molar refractivity (Wildman–Crippen MR) is 39.4 cm³/mol. The van der Waals surface area contributed by atoms with Gasteiger partial charge in [0.2, 0.25) is 0 Å². The van der Waals surface area contributed by atoms with E-state index in [9.17, 15) is 4.79 Å². The maximum Gasteiger partial charge on any atom is 0.313 e. The highest BCUT2D eigenvalue weighted by Gasteiger charge is 2.02. The summed E-state index contributed by atoms with van der Waals surface area (Å²) in [6, 6.07) is 0.